The van der Waals surface area contributed by atoms with Gasteiger partial charge in [0, 0.05) is 16.0 Å². The van der Waals surface area contributed by atoms with Crippen LogP contribution in [0.25, 0.3) is 10.1 Å². The van der Waals surface area contributed by atoms with Crippen LogP contribution in [0.1, 0.15) is 38.4 Å². The quantitative estimate of drug-likeness (QED) is 0.406. The summed E-state index contributed by atoms with van der Waals surface area (Å²) in [7, 11) is 0. The minimum Gasteiger partial charge on any atom is -0.475 e. The molecule has 1 unspecified atom stereocenters. The number of fused-ring (bicyclic) bond motifs is 2. The zero-order valence-corrected chi connectivity index (χ0v) is 18.1. The van der Waals surface area contributed by atoms with Gasteiger partial charge >= 0.3 is 5.97 Å². The first kappa shape index (κ1) is 21.0. The number of anilines is 1. The SMILES string of the molecule is O=C1Cn2c(C(=O)O)nc(NC(=O)c3nsc4ccccc34)c2C(c2cc(F)ccc2Cl)N1. The predicted molar refractivity (Wildman–Crippen MR) is 118 cm³/mol. The fourth-order valence-electron chi connectivity index (χ4n) is 3.77. The Labute approximate surface area is 194 Å². The molecule has 3 N–H and O–H groups in total. The van der Waals surface area contributed by atoms with Crippen LogP contribution < -0.4 is 10.6 Å². The normalized spacial score (nSPS) is 15.2. The van der Waals surface area contributed by atoms with E-state index in [9.17, 15) is 23.9 Å². The van der Waals surface area contributed by atoms with Crippen LogP contribution in [0.5, 0.6) is 0 Å². The number of carboxylic acid groups (broad SMARTS) is 1. The van der Waals surface area contributed by atoms with Gasteiger partial charge in [0.15, 0.2) is 5.82 Å². The molecule has 12 heteroatoms. The van der Waals surface area contributed by atoms with E-state index in [1.807, 2.05) is 12.1 Å². The Hall–Kier alpha value is -3.83. The van der Waals surface area contributed by atoms with Gasteiger partial charge in [-0.05, 0) is 35.8 Å². The van der Waals surface area contributed by atoms with E-state index in [2.05, 4.69) is 20.0 Å². The van der Waals surface area contributed by atoms with E-state index in [0.717, 1.165) is 28.4 Å². The van der Waals surface area contributed by atoms with Crippen LogP contribution in [-0.4, -0.2) is 36.8 Å². The first-order valence-electron chi connectivity index (χ1n) is 9.57. The number of carbonyl (C=O) groups is 3. The fourth-order valence-corrected chi connectivity index (χ4v) is 4.77. The van der Waals surface area contributed by atoms with Crippen LogP contribution in [-0.2, 0) is 11.3 Å². The summed E-state index contributed by atoms with van der Waals surface area (Å²) in [5.74, 6) is -3.66. The molecule has 0 radical (unpaired) electrons. The van der Waals surface area contributed by atoms with Gasteiger partial charge in [-0.25, -0.2) is 14.2 Å². The number of aromatic nitrogens is 3. The van der Waals surface area contributed by atoms with Gasteiger partial charge in [-0.1, -0.05) is 29.8 Å². The average molecular weight is 486 g/mol. The molecule has 2 aromatic heterocycles. The van der Waals surface area contributed by atoms with E-state index in [1.54, 1.807) is 12.1 Å². The van der Waals surface area contributed by atoms with Crippen molar-refractivity contribution in [1.82, 2.24) is 19.2 Å². The summed E-state index contributed by atoms with van der Waals surface area (Å²) < 4.78 is 20.2. The average Bonchev–Trinajstić information content (AvgIpc) is 3.37. The van der Waals surface area contributed by atoms with Gasteiger partial charge in [-0.3, -0.25) is 9.59 Å². The molecule has 0 saturated carbocycles. The Morgan fingerprint density at radius 1 is 1.27 bits per heavy atom. The number of aromatic carboxylic acids is 1. The van der Waals surface area contributed by atoms with Crippen LogP contribution >= 0.6 is 23.1 Å². The predicted octanol–water partition coefficient (Wildman–Crippen LogP) is 3.46. The zero-order valence-electron chi connectivity index (χ0n) is 16.5. The molecular weight excluding hydrogens is 473 g/mol. The molecule has 9 nitrogen and oxygen atoms in total. The first-order valence-corrected chi connectivity index (χ1v) is 10.7. The van der Waals surface area contributed by atoms with Crippen LogP contribution in [0, 0.1) is 5.82 Å². The number of hydrogen-bond donors (Lipinski definition) is 3. The lowest BCUT2D eigenvalue weighted by Gasteiger charge is -2.27. The molecule has 2 amide bonds. The fraction of sp³-hybridized carbons (Fsp3) is 0.0952. The maximum atomic E-state index is 14.0. The van der Waals surface area contributed by atoms with E-state index in [0.29, 0.717) is 5.39 Å². The number of nitrogens with one attached hydrogen (secondary N) is 2. The smallest absolute Gasteiger partial charge is 0.372 e. The summed E-state index contributed by atoms with van der Waals surface area (Å²) in [5.41, 5.74) is 0.499. The molecule has 1 aliphatic rings. The minimum absolute atomic E-state index is 0.0974. The molecule has 0 fully saturated rings. The molecule has 166 valence electrons. The van der Waals surface area contributed by atoms with Crippen LogP contribution in [0.4, 0.5) is 10.2 Å². The number of benzene rings is 2. The van der Waals surface area contributed by atoms with Crippen LogP contribution in [0.15, 0.2) is 42.5 Å². The number of hydrogen-bond acceptors (Lipinski definition) is 6. The lowest BCUT2D eigenvalue weighted by Crippen LogP contribution is -2.40. The second kappa shape index (κ2) is 7.94. The maximum Gasteiger partial charge on any atom is 0.372 e. The molecule has 0 spiro atoms. The molecule has 33 heavy (non-hydrogen) atoms. The van der Waals surface area contributed by atoms with Gasteiger partial charge < -0.3 is 20.3 Å². The molecule has 3 heterocycles. The summed E-state index contributed by atoms with van der Waals surface area (Å²) in [5, 5.41) is 15.7. The van der Waals surface area contributed by atoms with Crippen molar-refractivity contribution in [3.63, 3.8) is 0 Å². The van der Waals surface area contributed by atoms with Crippen molar-refractivity contribution >= 4 is 56.8 Å². The van der Waals surface area contributed by atoms with E-state index in [-0.39, 0.29) is 34.3 Å². The zero-order chi connectivity index (χ0) is 23.3. The van der Waals surface area contributed by atoms with Gasteiger partial charge in [-0.15, -0.1) is 0 Å². The van der Waals surface area contributed by atoms with Crippen molar-refractivity contribution in [2.45, 2.75) is 12.6 Å². The van der Waals surface area contributed by atoms with E-state index in [4.69, 9.17) is 11.6 Å². The molecule has 4 aromatic rings. The van der Waals surface area contributed by atoms with Crippen LogP contribution in [0.2, 0.25) is 5.02 Å². The lowest BCUT2D eigenvalue weighted by atomic mass is 10.0. The second-order valence-electron chi connectivity index (χ2n) is 7.21. The Balaban J connectivity index is 1.64. The number of amides is 2. The summed E-state index contributed by atoms with van der Waals surface area (Å²) in [6.45, 7) is -0.344. The Morgan fingerprint density at radius 2 is 2.06 bits per heavy atom. The monoisotopic (exact) mass is 485 g/mol. The summed E-state index contributed by atoms with van der Waals surface area (Å²) >= 11 is 7.40. The molecule has 2 aromatic carbocycles. The minimum atomic E-state index is -1.39. The standard InChI is InChI=1S/C21H13ClFN5O4S/c22-12-6-5-9(23)7-11(12)15-17-18(25-19(21(31)32)28(17)8-14(29)24-15)26-20(30)16-10-3-1-2-4-13(10)33-27-16/h1-7,15H,8H2,(H,24,29)(H,26,30)(H,31,32). The summed E-state index contributed by atoms with van der Waals surface area (Å²) in [4.78, 5) is 41.3. The van der Waals surface area contributed by atoms with Crippen molar-refractivity contribution in [3.8, 4) is 0 Å². The van der Waals surface area contributed by atoms with Crippen molar-refractivity contribution in [2.24, 2.45) is 0 Å². The van der Waals surface area contributed by atoms with Gasteiger partial charge in [0.25, 0.3) is 5.91 Å². The topological polar surface area (TPSA) is 126 Å². The Bertz CT molecular complexity index is 1470. The van der Waals surface area contributed by atoms with Gasteiger partial charge in [-0.2, -0.15) is 4.37 Å². The third-order valence-electron chi connectivity index (χ3n) is 5.17. The molecular formula is C21H13ClFN5O4S. The molecule has 1 aliphatic heterocycles. The Morgan fingerprint density at radius 3 is 2.85 bits per heavy atom. The highest BCUT2D eigenvalue weighted by Gasteiger charge is 2.36. The van der Waals surface area contributed by atoms with E-state index < -0.39 is 35.5 Å². The highest BCUT2D eigenvalue weighted by Crippen LogP contribution is 2.36. The number of imidazole rings is 1. The van der Waals surface area contributed by atoms with E-state index in [1.165, 1.54) is 10.6 Å². The third-order valence-corrected chi connectivity index (χ3v) is 6.34. The second-order valence-corrected chi connectivity index (χ2v) is 8.42. The number of nitrogens with zero attached hydrogens (tertiary/aromatic N) is 3. The molecule has 0 bridgehead atoms. The number of carbonyl (C=O) groups excluding carboxylic acids is 2. The van der Waals surface area contributed by atoms with Crippen molar-refractivity contribution in [2.75, 3.05) is 5.32 Å². The largest absolute Gasteiger partial charge is 0.475 e. The lowest BCUT2D eigenvalue weighted by molar-refractivity contribution is -0.123. The van der Waals surface area contributed by atoms with Gasteiger partial charge in [0.2, 0.25) is 11.7 Å². The highest BCUT2D eigenvalue weighted by atomic mass is 35.5. The van der Waals surface area contributed by atoms with Crippen LogP contribution in [0.3, 0.4) is 0 Å². The van der Waals surface area contributed by atoms with Crippen molar-refractivity contribution in [3.05, 3.63) is 76.1 Å². The highest BCUT2D eigenvalue weighted by molar-refractivity contribution is 7.13. The maximum absolute atomic E-state index is 14.0. The van der Waals surface area contributed by atoms with Gasteiger partial charge in [0.1, 0.15) is 18.1 Å². The third kappa shape index (κ3) is 3.60. The first-order chi connectivity index (χ1) is 15.8. The van der Waals surface area contributed by atoms with E-state index >= 15 is 0 Å². The molecule has 5 rings (SSSR count). The number of halogens is 2. The Kier molecular flexibility index (Phi) is 5.06. The van der Waals surface area contributed by atoms with Crippen molar-refractivity contribution in [1.29, 1.82) is 0 Å². The molecule has 0 saturated heterocycles. The number of carboxylic acids is 1. The molecule has 1 atom stereocenters. The molecule has 0 aliphatic carbocycles. The van der Waals surface area contributed by atoms with Crippen molar-refractivity contribution < 1.29 is 23.9 Å². The summed E-state index contributed by atoms with van der Waals surface area (Å²) in [6, 6.07) is 9.73. The van der Waals surface area contributed by atoms with Gasteiger partial charge in [0.05, 0.1) is 16.4 Å². The summed E-state index contributed by atoms with van der Waals surface area (Å²) in [6.07, 6.45) is 0. The number of rotatable bonds is 4.